The summed E-state index contributed by atoms with van der Waals surface area (Å²) in [7, 11) is 0. The third-order valence-corrected chi connectivity index (χ3v) is 1.41. The van der Waals surface area contributed by atoms with Gasteiger partial charge in [0.25, 0.3) is 0 Å². The fourth-order valence-electron chi connectivity index (χ4n) is 0.913. The average Bonchev–Trinajstić information content (AvgIpc) is 2.33. The van der Waals surface area contributed by atoms with Crippen LogP contribution in [0.25, 0.3) is 0 Å². The minimum absolute atomic E-state index is 0.0951. The monoisotopic (exact) mass is 135 g/mol. The number of fused-ring (bicyclic) bond motifs is 1. The molecule has 1 unspecified atom stereocenters. The molecule has 2 rings (SSSR count). The number of nitrogens with one attached hydrogen (secondary N) is 1. The van der Waals surface area contributed by atoms with E-state index in [0.717, 1.165) is 0 Å². The predicted octanol–water partition coefficient (Wildman–Crippen LogP) is -0.314. The van der Waals surface area contributed by atoms with Gasteiger partial charge in [0.05, 0.1) is 5.92 Å². The Morgan fingerprint density at radius 2 is 2.50 bits per heavy atom. The molecule has 0 aliphatic carbocycles. The highest BCUT2D eigenvalue weighted by molar-refractivity contribution is 6.14. The van der Waals surface area contributed by atoms with Crippen LogP contribution in [-0.2, 0) is 4.79 Å². The van der Waals surface area contributed by atoms with Gasteiger partial charge in [-0.05, 0) is 0 Å². The van der Waals surface area contributed by atoms with Crippen molar-refractivity contribution >= 4 is 18.0 Å². The summed E-state index contributed by atoms with van der Waals surface area (Å²) in [5.74, 6) is 0.603. The molecule has 50 valence electrons. The first-order chi connectivity index (χ1) is 4.86. The van der Waals surface area contributed by atoms with Crippen LogP contribution in [0.3, 0.4) is 0 Å². The van der Waals surface area contributed by atoms with Gasteiger partial charge in [0.2, 0.25) is 5.91 Å². The molecule has 2 aliphatic rings. The summed E-state index contributed by atoms with van der Waals surface area (Å²) in [6.45, 7) is 0. The van der Waals surface area contributed by atoms with Gasteiger partial charge >= 0.3 is 0 Å². The van der Waals surface area contributed by atoms with Crippen molar-refractivity contribution in [3.05, 3.63) is 12.2 Å². The fraction of sp³-hybridized carbons (Fsp3) is 0.167. The quantitative estimate of drug-likeness (QED) is 0.486. The Hall–Kier alpha value is -1.45. The van der Waals surface area contributed by atoms with Crippen LogP contribution in [0.5, 0.6) is 0 Å². The lowest BCUT2D eigenvalue weighted by molar-refractivity contribution is -0.115. The first-order valence-electron chi connectivity index (χ1n) is 2.96. The molecule has 4 heteroatoms. The van der Waals surface area contributed by atoms with Crippen LogP contribution in [0, 0.1) is 5.92 Å². The lowest BCUT2D eigenvalue weighted by Crippen LogP contribution is -2.36. The molecule has 0 fully saturated rings. The van der Waals surface area contributed by atoms with Crippen molar-refractivity contribution in [3.8, 4) is 0 Å². The zero-order valence-corrected chi connectivity index (χ0v) is 5.11. The van der Waals surface area contributed by atoms with Crippen molar-refractivity contribution in [2.75, 3.05) is 0 Å². The maximum Gasteiger partial charge on any atom is 0.249 e. The van der Waals surface area contributed by atoms with Crippen LogP contribution < -0.4 is 5.32 Å². The smallest absolute Gasteiger partial charge is 0.249 e. The Kier molecular flexibility index (Phi) is 0.943. The van der Waals surface area contributed by atoms with E-state index in [1.54, 1.807) is 12.3 Å². The van der Waals surface area contributed by atoms with Crippen LogP contribution in [0.15, 0.2) is 22.4 Å². The number of carbonyl (C=O) groups is 1. The van der Waals surface area contributed by atoms with Gasteiger partial charge in [-0.25, -0.2) is 0 Å². The molecule has 0 aromatic rings. The Balaban J connectivity index is 2.35. The zero-order valence-electron chi connectivity index (χ0n) is 5.11. The molecule has 0 radical (unpaired) electrons. The number of rotatable bonds is 0. The molecule has 4 nitrogen and oxygen atoms in total. The Morgan fingerprint density at radius 1 is 1.60 bits per heavy atom. The second-order valence-electron chi connectivity index (χ2n) is 2.12. The van der Waals surface area contributed by atoms with Crippen LogP contribution in [0.1, 0.15) is 0 Å². The third kappa shape index (κ3) is 0.655. The van der Waals surface area contributed by atoms with E-state index in [1.165, 1.54) is 6.08 Å². The lowest BCUT2D eigenvalue weighted by atomic mass is 10.1. The second kappa shape index (κ2) is 1.76. The van der Waals surface area contributed by atoms with E-state index in [-0.39, 0.29) is 11.8 Å². The summed E-state index contributed by atoms with van der Waals surface area (Å²) >= 11 is 0. The largest absolute Gasteiger partial charge is 0.308 e. The van der Waals surface area contributed by atoms with E-state index >= 15 is 0 Å². The number of hydrogen-bond acceptors (Lipinski definition) is 3. The summed E-state index contributed by atoms with van der Waals surface area (Å²) < 4.78 is 0. The van der Waals surface area contributed by atoms with Crippen molar-refractivity contribution in [1.29, 1.82) is 0 Å². The summed E-state index contributed by atoms with van der Waals surface area (Å²) in [6.07, 6.45) is 4.94. The molecule has 0 aromatic carbocycles. The van der Waals surface area contributed by atoms with E-state index in [1.807, 2.05) is 0 Å². The standard InChI is InChI=1S/C6H5N3O/c10-5-2-1-4-3-7-9-6(4)8-5/h1-4H,(H,8,9,10). The molecule has 1 atom stereocenters. The maximum atomic E-state index is 10.7. The van der Waals surface area contributed by atoms with Crippen molar-refractivity contribution in [2.45, 2.75) is 0 Å². The number of amidine groups is 1. The van der Waals surface area contributed by atoms with Crippen LogP contribution in [-0.4, -0.2) is 18.0 Å². The van der Waals surface area contributed by atoms with E-state index in [0.29, 0.717) is 5.84 Å². The molecule has 0 aromatic heterocycles. The molecule has 1 N–H and O–H groups in total. The van der Waals surface area contributed by atoms with Crippen LogP contribution >= 0.6 is 0 Å². The molecule has 0 saturated heterocycles. The molecule has 10 heavy (non-hydrogen) atoms. The Morgan fingerprint density at radius 3 is 3.40 bits per heavy atom. The van der Waals surface area contributed by atoms with Crippen LogP contribution in [0.2, 0.25) is 0 Å². The van der Waals surface area contributed by atoms with Gasteiger partial charge < -0.3 is 5.32 Å². The first kappa shape index (κ1) is 5.34. The first-order valence-corrected chi connectivity index (χ1v) is 2.96. The molecule has 2 heterocycles. The van der Waals surface area contributed by atoms with Gasteiger partial charge in [-0.1, -0.05) is 6.08 Å². The van der Waals surface area contributed by atoms with Crippen molar-refractivity contribution < 1.29 is 4.79 Å². The summed E-state index contributed by atoms with van der Waals surface area (Å²) in [6, 6.07) is 0. The minimum atomic E-state index is -0.125. The maximum absolute atomic E-state index is 10.7. The van der Waals surface area contributed by atoms with Gasteiger partial charge in [0, 0.05) is 12.3 Å². The van der Waals surface area contributed by atoms with E-state index in [4.69, 9.17) is 0 Å². The molecule has 1 amide bonds. The predicted molar refractivity (Wildman–Crippen MR) is 36.7 cm³/mol. The van der Waals surface area contributed by atoms with Gasteiger partial charge in [0.15, 0.2) is 0 Å². The van der Waals surface area contributed by atoms with E-state index in [2.05, 4.69) is 15.5 Å². The molecule has 0 spiro atoms. The molecular formula is C6H5N3O. The molecule has 0 bridgehead atoms. The molecular weight excluding hydrogens is 130 g/mol. The summed E-state index contributed by atoms with van der Waals surface area (Å²) in [4.78, 5) is 10.7. The number of hydrogen-bond donors (Lipinski definition) is 1. The highest BCUT2D eigenvalue weighted by Gasteiger charge is 2.20. The second-order valence-corrected chi connectivity index (χ2v) is 2.12. The topological polar surface area (TPSA) is 53.8 Å². The lowest BCUT2D eigenvalue weighted by Gasteiger charge is -2.10. The van der Waals surface area contributed by atoms with Gasteiger partial charge in [0.1, 0.15) is 5.84 Å². The molecule has 0 saturated carbocycles. The zero-order chi connectivity index (χ0) is 6.97. The Bertz CT molecular complexity index is 264. The molecule has 2 aliphatic heterocycles. The van der Waals surface area contributed by atoms with E-state index < -0.39 is 0 Å². The van der Waals surface area contributed by atoms with Gasteiger partial charge in [-0.2, -0.15) is 5.10 Å². The highest BCUT2D eigenvalue weighted by atomic mass is 16.1. The average molecular weight is 135 g/mol. The SMILES string of the molecule is O=C1C=CC2C=NN=C2N1. The highest BCUT2D eigenvalue weighted by Crippen LogP contribution is 2.08. The number of carbonyl (C=O) groups excluding carboxylic acids is 1. The fourth-order valence-corrected chi connectivity index (χ4v) is 0.913. The summed E-state index contributed by atoms with van der Waals surface area (Å²) in [5.41, 5.74) is 0. The van der Waals surface area contributed by atoms with Crippen LogP contribution in [0.4, 0.5) is 0 Å². The van der Waals surface area contributed by atoms with Gasteiger partial charge in [-0.3, -0.25) is 4.79 Å². The van der Waals surface area contributed by atoms with Crippen molar-refractivity contribution in [2.24, 2.45) is 16.1 Å². The number of nitrogens with zero attached hydrogens (tertiary/aromatic N) is 2. The summed E-state index contributed by atoms with van der Waals surface area (Å²) in [5, 5.41) is 9.95. The van der Waals surface area contributed by atoms with Crippen molar-refractivity contribution in [1.82, 2.24) is 5.32 Å². The Labute approximate surface area is 57.3 Å². The van der Waals surface area contributed by atoms with Gasteiger partial charge in [-0.15, -0.1) is 5.10 Å². The number of amides is 1. The van der Waals surface area contributed by atoms with Crippen molar-refractivity contribution in [3.63, 3.8) is 0 Å². The third-order valence-electron chi connectivity index (χ3n) is 1.41. The minimum Gasteiger partial charge on any atom is -0.308 e. The normalized spacial score (nSPS) is 27.8. The van der Waals surface area contributed by atoms with E-state index in [9.17, 15) is 4.79 Å².